The van der Waals surface area contributed by atoms with Crippen molar-refractivity contribution in [2.75, 3.05) is 20.3 Å². The first-order valence-electron chi connectivity index (χ1n) is 6.88. The van der Waals surface area contributed by atoms with Crippen LogP contribution in [0.2, 0.25) is 5.02 Å². The van der Waals surface area contributed by atoms with Gasteiger partial charge in [0.05, 0.1) is 23.5 Å². The molecule has 0 aliphatic rings. The fourth-order valence-electron chi connectivity index (χ4n) is 2.17. The first-order chi connectivity index (χ1) is 10.2. The van der Waals surface area contributed by atoms with Gasteiger partial charge in [0.15, 0.2) is 0 Å². The van der Waals surface area contributed by atoms with Gasteiger partial charge in [0.1, 0.15) is 5.82 Å². The fourth-order valence-corrected chi connectivity index (χ4v) is 2.29. The number of nitrogens with zero attached hydrogens (tertiary/aromatic N) is 2. The van der Waals surface area contributed by atoms with Crippen LogP contribution in [0.25, 0.3) is 5.69 Å². The van der Waals surface area contributed by atoms with Crippen LogP contribution < -0.4 is 5.32 Å². The van der Waals surface area contributed by atoms with Crippen LogP contribution in [-0.2, 0) is 17.7 Å². The Bertz CT molecular complexity index is 601. The van der Waals surface area contributed by atoms with Gasteiger partial charge in [-0.3, -0.25) is 0 Å². The van der Waals surface area contributed by atoms with Gasteiger partial charge in [-0.25, -0.2) is 9.07 Å². The van der Waals surface area contributed by atoms with E-state index in [0.29, 0.717) is 18.8 Å². The van der Waals surface area contributed by atoms with Crippen molar-refractivity contribution in [3.8, 4) is 5.69 Å². The summed E-state index contributed by atoms with van der Waals surface area (Å²) in [7, 11) is 1.67. The van der Waals surface area contributed by atoms with Crippen molar-refractivity contribution in [2.45, 2.75) is 19.9 Å². The molecule has 0 atom stereocenters. The van der Waals surface area contributed by atoms with E-state index >= 15 is 0 Å². The number of hydrogen-bond donors (Lipinski definition) is 1. The average molecular weight is 312 g/mol. The van der Waals surface area contributed by atoms with Crippen LogP contribution in [0.15, 0.2) is 24.4 Å². The van der Waals surface area contributed by atoms with Gasteiger partial charge in [-0.15, -0.1) is 0 Å². The lowest BCUT2D eigenvalue weighted by Crippen LogP contribution is -2.19. The van der Waals surface area contributed by atoms with E-state index in [1.165, 1.54) is 6.07 Å². The van der Waals surface area contributed by atoms with Gasteiger partial charge in [0.2, 0.25) is 0 Å². The molecule has 21 heavy (non-hydrogen) atoms. The summed E-state index contributed by atoms with van der Waals surface area (Å²) in [6.07, 6.45) is 2.62. The van der Waals surface area contributed by atoms with E-state index in [4.69, 9.17) is 16.3 Å². The molecule has 1 aromatic heterocycles. The molecule has 1 N–H and O–H groups in total. The van der Waals surface area contributed by atoms with E-state index in [1.54, 1.807) is 23.9 Å². The van der Waals surface area contributed by atoms with Crippen molar-refractivity contribution in [1.29, 1.82) is 0 Å². The standard InChI is InChI=1S/C15H19ClFN3O/c1-3-15-11(9-18-6-7-21-2)10-19-20(15)12-4-5-13(16)14(17)8-12/h4-5,8,10,18H,3,6-7,9H2,1-2H3. The number of halogens is 2. The molecule has 0 saturated heterocycles. The number of hydrogen-bond acceptors (Lipinski definition) is 3. The van der Waals surface area contributed by atoms with Crippen molar-refractivity contribution in [3.05, 3.63) is 46.5 Å². The second-order valence-electron chi connectivity index (χ2n) is 4.65. The van der Waals surface area contributed by atoms with E-state index < -0.39 is 5.82 Å². The molecule has 6 heteroatoms. The van der Waals surface area contributed by atoms with Gasteiger partial charge in [-0.1, -0.05) is 18.5 Å². The maximum atomic E-state index is 13.6. The molecule has 0 spiro atoms. The van der Waals surface area contributed by atoms with Gasteiger partial charge in [-0.2, -0.15) is 5.10 Å². The summed E-state index contributed by atoms with van der Waals surface area (Å²) in [5.74, 6) is -0.438. The quantitative estimate of drug-likeness (QED) is 0.799. The number of rotatable bonds is 7. The molecule has 0 radical (unpaired) electrons. The Morgan fingerprint density at radius 2 is 2.24 bits per heavy atom. The molecule has 2 rings (SSSR count). The smallest absolute Gasteiger partial charge is 0.143 e. The maximum Gasteiger partial charge on any atom is 0.143 e. The van der Waals surface area contributed by atoms with Crippen LogP contribution in [-0.4, -0.2) is 30.0 Å². The van der Waals surface area contributed by atoms with Crippen molar-refractivity contribution >= 4 is 11.6 Å². The number of ether oxygens (including phenoxy) is 1. The Balaban J connectivity index is 2.20. The molecule has 0 saturated carbocycles. The summed E-state index contributed by atoms with van der Waals surface area (Å²) >= 11 is 5.72. The molecule has 0 amide bonds. The molecule has 2 aromatic rings. The first-order valence-corrected chi connectivity index (χ1v) is 7.26. The highest BCUT2D eigenvalue weighted by Gasteiger charge is 2.11. The summed E-state index contributed by atoms with van der Waals surface area (Å²) in [6.45, 7) is 4.21. The van der Waals surface area contributed by atoms with Gasteiger partial charge in [-0.05, 0) is 18.6 Å². The number of benzene rings is 1. The monoisotopic (exact) mass is 311 g/mol. The molecular weight excluding hydrogens is 293 g/mol. The van der Waals surface area contributed by atoms with Crippen molar-refractivity contribution in [3.63, 3.8) is 0 Å². The van der Waals surface area contributed by atoms with Crippen LogP contribution in [0, 0.1) is 5.82 Å². The lowest BCUT2D eigenvalue weighted by atomic mass is 10.2. The highest BCUT2D eigenvalue weighted by molar-refractivity contribution is 6.30. The Hall–Kier alpha value is -1.43. The molecule has 4 nitrogen and oxygen atoms in total. The largest absolute Gasteiger partial charge is 0.383 e. The van der Waals surface area contributed by atoms with Crippen molar-refractivity contribution in [1.82, 2.24) is 15.1 Å². The van der Waals surface area contributed by atoms with Crippen LogP contribution in [0.4, 0.5) is 4.39 Å². The van der Waals surface area contributed by atoms with Gasteiger partial charge in [0.25, 0.3) is 0 Å². The van der Waals surface area contributed by atoms with E-state index in [1.807, 2.05) is 6.20 Å². The maximum absolute atomic E-state index is 13.6. The van der Waals surface area contributed by atoms with Crippen molar-refractivity contribution < 1.29 is 9.13 Å². The molecule has 0 unspecified atom stereocenters. The molecular formula is C15H19ClFN3O. The van der Waals surface area contributed by atoms with E-state index in [9.17, 15) is 4.39 Å². The zero-order chi connectivity index (χ0) is 15.2. The zero-order valence-electron chi connectivity index (χ0n) is 12.2. The molecule has 1 aromatic carbocycles. The fraction of sp³-hybridized carbons (Fsp3) is 0.400. The van der Waals surface area contributed by atoms with Gasteiger partial charge in [0, 0.05) is 37.5 Å². The minimum Gasteiger partial charge on any atom is -0.383 e. The Labute approximate surface area is 128 Å². The lowest BCUT2D eigenvalue weighted by molar-refractivity contribution is 0.199. The second kappa shape index (κ2) is 7.54. The normalized spacial score (nSPS) is 11.0. The van der Waals surface area contributed by atoms with E-state index in [0.717, 1.165) is 24.2 Å². The van der Waals surface area contributed by atoms with Crippen molar-refractivity contribution in [2.24, 2.45) is 0 Å². The van der Waals surface area contributed by atoms with Crippen LogP contribution >= 0.6 is 11.6 Å². The highest BCUT2D eigenvalue weighted by atomic mass is 35.5. The third-order valence-corrected chi connectivity index (χ3v) is 3.54. The number of nitrogens with one attached hydrogen (secondary N) is 1. The highest BCUT2D eigenvalue weighted by Crippen LogP contribution is 2.20. The predicted molar refractivity (Wildman–Crippen MR) is 81.5 cm³/mol. The Morgan fingerprint density at radius 3 is 2.90 bits per heavy atom. The first kappa shape index (κ1) is 15.9. The SMILES string of the molecule is CCc1c(CNCCOC)cnn1-c1ccc(Cl)c(F)c1. The zero-order valence-corrected chi connectivity index (χ0v) is 13.0. The number of methoxy groups -OCH3 is 1. The topological polar surface area (TPSA) is 39.1 Å². The summed E-state index contributed by atoms with van der Waals surface area (Å²) in [4.78, 5) is 0. The van der Waals surface area contributed by atoms with Gasteiger partial charge < -0.3 is 10.1 Å². The molecule has 1 heterocycles. The molecule has 0 aliphatic carbocycles. The predicted octanol–water partition coefficient (Wildman–Crippen LogP) is 2.96. The van der Waals surface area contributed by atoms with E-state index in [2.05, 4.69) is 17.3 Å². The summed E-state index contributed by atoms with van der Waals surface area (Å²) in [5, 5.41) is 7.77. The molecule has 0 bridgehead atoms. The van der Waals surface area contributed by atoms with Gasteiger partial charge >= 0.3 is 0 Å². The molecule has 114 valence electrons. The second-order valence-corrected chi connectivity index (χ2v) is 5.06. The summed E-state index contributed by atoms with van der Waals surface area (Å²) < 4.78 is 20.3. The minimum absolute atomic E-state index is 0.116. The number of aromatic nitrogens is 2. The van der Waals surface area contributed by atoms with Crippen LogP contribution in [0.1, 0.15) is 18.2 Å². The average Bonchev–Trinajstić information content (AvgIpc) is 2.89. The van der Waals surface area contributed by atoms with E-state index in [-0.39, 0.29) is 5.02 Å². The lowest BCUT2D eigenvalue weighted by Gasteiger charge is -2.09. The molecule has 0 fully saturated rings. The summed E-state index contributed by atoms with van der Waals surface area (Å²) in [6, 6.07) is 4.71. The van der Waals surface area contributed by atoms with Crippen LogP contribution in [0.5, 0.6) is 0 Å². The Kier molecular flexibility index (Phi) is 5.73. The molecule has 0 aliphatic heterocycles. The van der Waals surface area contributed by atoms with Crippen LogP contribution in [0.3, 0.4) is 0 Å². The minimum atomic E-state index is -0.438. The summed E-state index contributed by atoms with van der Waals surface area (Å²) in [5.41, 5.74) is 2.84. The Morgan fingerprint density at radius 1 is 1.43 bits per heavy atom. The third kappa shape index (κ3) is 3.81. The third-order valence-electron chi connectivity index (χ3n) is 3.24.